The van der Waals surface area contributed by atoms with Crippen molar-refractivity contribution >= 4 is 5.97 Å². The highest BCUT2D eigenvalue weighted by Gasteiger charge is 2.25. The third-order valence-electron chi connectivity index (χ3n) is 3.75. The normalized spacial score (nSPS) is 24.5. The van der Waals surface area contributed by atoms with E-state index in [0.29, 0.717) is 32.3 Å². The molecule has 0 spiro atoms. The number of hydrogen-bond acceptors (Lipinski definition) is 5. The number of nitrogens with one attached hydrogen (secondary N) is 1. The summed E-state index contributed by atoms with van der Waals surface area (Å²) in [7, 11) is 1.61. The number of hydrogen-bond donors (Lipinski definition) is 3. The van der Waals surface area contributed by atoms with E-state index in [2.05, 4.69) is 5.32 Å². The van der Waals surface area contributed by atoms with Gasteiger partial charge in [0.05, 0.1) is 31.8 Å². The predicted molar refractivity (Wildman–Crippen MR) is 74.7 cm³/mol. The number of carboxylic acids is 1. The molecule has 20 heavy (non-hydrogen) atoms. The minimum Gasteiger partial charge on any atom is -0.481 e. The topological polar surface area (TPSA) is 88.0 Å². The van der Waals surface area contributed by atoms with Gasteiger partial charge in [0, 0.05) is 13.7 Å². The zero-order valence-corrected chi connectivity index (χ0v) is 12.2. The Hall–Kier alpha value is -0.690. The van der Waals surface area contributed by atoms with Crippen LogP contribution in [-0.4, -0.2) is 62.3 Å². The lowest BCUT2D eigenvalue weighted by atomic mass is 9.82. The van der Waals surface area contributed by atoms with E-state index in [4.69, 9.17) is 14.6 Å². The minimum absolute atomic E-state index is 0.161. The summed E-state index contributed by atoms with van der Waals surface area (Å²) in [5.74, 6) is -0.307. The fourth-order valence-corrected chi connectivity index (χ4v) is 2.49. The molecule has 6 heteroatoms. The Morgan fingerprint density at radius 1 is 1.30 bits per heavy atom. The van der Waals surface area contributed by atoms with Crippen LogP contribution in [0.4, 0.5) is 0 Å². The lowest BCUT2D eigenvalue weighted by Crippen LogP contribution is -2.35. The number of aliphatic carboxylic acids is 1. The van der Waals surface area contributed by atoms with Crippen LogP contribution in [0.3, 0.4) is 0 Å². The average molecular weight is 289 g/mol. The third kappa shape index (κ3) is 7.19. The number of aliphatic hydroxyl groups excluding tert-OH is 1. The summed E-state index contributed by atoms with van der Waals surface area (Å²) in [6.07, 6.45) is 2.92. The summed E-state index contributed by atoms with van der Waals surface area (Å²) in [5.41, 5.74) is 0. The van der Waals surface area contributed by atoms with Gasteiger partial charge in [-0.1, -0.05) is 0 Å². The zero-order chi connectivity index (χ0) is 14.8. The first-order valence-corrected chi connectivity index (χ1v) is 7.31. The summed E-state index contributed by atoms with van der Waals surface area (Å²) in [5, 5.41) is 21.8. The third-order valence-corrected chi connectivity index (χ3v) is 3.75. The number of methoxy groups -OCH3 is 1. The predicted octanol–water partition coefficient (Wildman–Crippen LogP) is 0.491. The van der Waals surface area contributed by atoms with Gasteiger partial charge in [-0.05, 0) is 38.1 Å². The van der Waals surface area contributed by atoms with Crippen LogP contribution in [0.5, 0.6) is 0 Å². The monoisotopic (exact) mass is 289 g/mol. The molecule has 1 atom stereocenters. The molecule has 0 radical (unpaired) electrons. The molecule has 118 valence electrons. The highest BCUT2D eigenvalue weighted by molar-refractivity contribution is 5.69. The number of carbonyl (C=O) groups is 1. The Morgan fingerprint density at radius 2 is 2.00 bits per heavy atom. The van der Waals surface area contributed by atoms with E-state index < -0.39 is 12.1 Å². The SMILES string of the molecule is COCCOCC(O)CNCC1CCC(C(=O)O)CC1. The number of carboxylic acid groups (broad SMARTS) is 1. The summed E-state index contributed by atoms with van der Waals surface area (Å²) in [4.78, 5) is 10.8. The molecule has 0 amide bonds. The van der Waals surface area contributed by atoms with Crippen LogP contribution in [0.2, 0.25) is 0 Å². The first-order chi connectivity index (χ1) is 9.63. The van der Waals surface area contributed by atoms with Gasteiger partial charge < -0.3 is 25.0 Å². The Labute approximate surface area is 120 Å². The van der Waals surface area contributed by atoms with Crippen molar-refractivity contribution in [3.63, 3.8) is 0 Å². The van der Waals surface area contributed by atoms with Crippen molar-refractivity contribution in [2.75, 3.05) is 40.0 Å². The number of rotatable bonds is 10. The van der Waals surface area contributed by atoms with Gasteiger partial charge in [0.25, 0.3) is 0 Å². The van der Waals surface area contributed by atoms with Crippen LogP contribution < -0.4 is 5.32 Å². The average Bonchev–Trinajstić information content (AvgIpc) is 2.44. The van der Waals surface area contributed by atoms with Gasteiger partial charge in [-0.15, -0.1) is 0 Å². The Morgan fingerprint density at radius 3 is 2.60 bits per heavy atom. The van der Waals surface area contributed by atoms with Crippen molar-refractivity contribution < 1.29 is 24.5 Å². The van der Waals surface area contributed by atoms with Crippen molar-refractivity contribution in [3.05, 3.63) is 0 Å². The molecule has 0 aromatic rings. The highest BCUT2D eigenvalue weighted by atomic mass is 16.5. The van der Waals surface area contributed by atoms with Crippen LogP contribution in [0.25, 0.3) is 0 Å². The first kappa shape index (κ1) is 17.4. The Bertz CT molecular complexity index is 266. The molecule has 0 heterocycles. The van der Waals surface area contributed by atoms with Crippen LogP contribution in [-0.2, 0) is 14.3 Å². The second-order valence-corrected chi connectivity index (χ2v) is 5.44. The first-order valence-electron chi connectivity index (χ1n) is 7.31. The van der Waals surface area contributed by atoms with Gasteiger partial charge in [-0.2, -0.15) is 0 Å². The van der Waals surface area contributed by atoms with E-state index >= 15 is 0 Å². The smallest absolute Gasteiger partial charge is 0.306 e. The number of ether oxygens (including phenoxy) is 2. The van der Waals surface area contributed by atoms with Crippen LogP contribution in [0.1, 0.15) is 25.7 Å². The molecule has 3 N–H and O–H groups in total. The van der Waals surface area contributed by atoms with E-state index in [1.807, 2.05) is 0 Å². The fourth-order valence-electron chi connectivity index (χ4n) is 2.49. The molecule has 6 nitrogen and oxygen atoms in total. The summed E-state index contributed by atoms with van der Waals surface area (Å²) in [6.45, 7) is 2.68. The molecule has 1 saturated carbocycles. The highest BCUT2D eigenvalue weighted by Crippen LogP contribution is 2.28. The van der Waals surface area contributed by atoms with Gasteiger partial charge in [0.2, 0.25) is 0 Å². The van der Waals surface area contributed by atoms with Crippen molar-refractivity contribution in [2.24, 2.45) is 11.8 Å². The molecule has 0 saturated heterocycles. The summed E-state index contributed by atoms with van der Waals surface area (Å²) in [6, 6.07) is 0. The largest absolute Gasteiger partial charge is 0.481 e. The molecule has 1 unspecified atom stereocenters. The van der Waals surface area contributed by atoms with Gasteiger partial charge in [-0.25, -0.2) is 0 Å². The van der Waals surface area contributed by atoms with Crippen LogP contribution >= 0.6 is 0 Å². The van der Waals surface area contributed by atoms with Gasteiger partial charge in [0.1, 0.15) is 0 Å². The van der Waals surface area contributed by atoms with E-state index in [9.17, 15) is 9.90 Å². The number of aliphatic hydroxyl groups is 1. The maximum absolute atomic E-state index is 10.8. The fraction of sp³-hybridized carbons (Fsp3) is 0.929. The lowest BCUT2D eigenvalue weighted by Gasteiger charge is -2.26. The van der Waals surface area contributed by atoms with E-state index in [0.717, 1.165) is 32.2 Å². The molecule has 0 bridgehead atoms. The lowest BCUT2D eigenvalue weighted by molar-refractivity contribution is -0.143. The van der Waals surface area contributed by atoms with Crippen LogP contribution in [0, 0.1) is 11.8 Å². The molecule has 1 aliphatic carbocycles. The van der Waals surface area contributed by atoms with Crippen molar-refractivity contribution in [1.82, 2.24) is 5.32 Å². The quantitative estimate of drug-likeness (QED) is 0.507. The van der Waals surface area contributed by atoms with E-state index in [1.165, 1.54) is 0 Å². The van der Waals surface area contributed by atoms with Gasteiger partial charge >= 0.3 is 5.97 Å². The molecule has 1 rings (SSSR count). The second kappa shape index (κ2) is 10.1. The minimum atomic E-state index is -0.667. The second-order valence-electron chi connectivity index (χ2n) is 5.44. The molecule has 1 fully saturated rings. The molecular weight excluding hydrogens is 262 g/mol. The van der Waals surface area contributed by atoms with Crippen molar-refractivity contribution in [1.29, 1.82) is 0 Å². The van der Waals surface area contributed by atoms with Gasteiger partial charge in [-0.3, -0.25) is 4.79 Å². The molecular formula is C14H27NO5. The maximum atomic E-state index is 10.8. The molecule has 0 aromatic carbocycles. The molecule has 0 aromatic heterocycles. The zero-order valence-electron chi connectivity index (χ0n) is 12.2. The van der Waals surface area contributed by atoms with E-state index in [-0.39, 0.29) is 5.92 Å². The Balaban J connectivity index is 2.00. The van der Waals surface area contributed by atoms with Crippen LogP contribution in [0.15, 0.2) is 0 Å². The molecule has 0 aliphatic heterocycles. The van der Waals surface area contributed by atoms with Crippen molar-refractivity contribution in [3.8, 4) is 0 Å². The Kier molecular flexibility index (Phi) is 8.77. The summed E-state index contributed by atoms with van der Waals surface area (Å²) < 4.78 is 10.1. The summed E-state index contributed by atoms with van der Waals surface area (Å²) >= 11 is 0. The maximum Gasteiger partial charge on any atom is 0.306 e. The van der Waals surface area contributed by atoms with E-state index in [1.54, 1.807) is 7.11 Å². The standard InChI is InChI=1S/C14H27NO5/c1-19-6-7-20-10-13(16)9-15-8-11-2-4-12(5-3-11)14(17)18/h11-13,15-16H,2-10H2,1H3,(H,17,18). The molecule has 1 aliphatic rings. The van der Waals surface area contributed by atoms with Gasteiger partial charge in [0.15, 0.2) is 0 Å². The van der Waals surface area contributed by atoms with Crippen molar-refractivity contribution in [2.45, 2.75) is 31.8 Å².